The Morgan fingerprint density at radius 2 is 1.55 bits per heavy atom. The number of rotatable bonds is 1. The Morgan fingerprint density at radius 3 is 2.27 bits per heavy atom. The summed E-state index contributed by atoms with van der Waals surface area (Å²) in [6, 6.07) is 18.7. The Hall–Kier alpha value is -3.01. The Morgan fingerprint density at radius 1 is 0.909 bits per heavy atom. The lowest BCUT2D eigenvalue weighted by Crippen LogP contribution is -2.17. The fraction of sp³-hybridized carbons (Fsp3) is 0.0556. The molecule has 0 fully saturated rings. The van der Waals surface area contributed by atoms with Crippen LogP contribution in [0.3, 0.4) is 0 Å². The zero-order valence-corrected chi connectivity index (χ0v) is 12.0. The first-order chi connectivity index (χ1) is 10.7. The molecule has 0 saturated heterocycles. The van der Waals surface area contributed by atoms with Crippen molar-refractivity contribution >= 4 is 21.7 Å². The summed E-state index contributed by atoms with van der Waals surface area (Å²) in [6.45, 7) is 0. The van der Waals surface area contributed by atoms with Gasteiger partial charge in [-0.2, -0.15) is 0 Å². The molecule has 22 heavy (non-hydrogen) atoms. The van der Waals surface area contributed by atoms with Crippen LogP contribution >= 0.6 is 0 Å². The molecule has 0 unspecified atom stereocenters. The maximum Gasteiger partial charge on any atom is 0.275 e. The first-order valence-electron chi connectivity index (χ1n) is 7.06. The van der Waals surface area contributed by atoms with Crippen molar-refractivity contribution in [1.29, 1.82) is 0 Å². The zero-order valence-electron chi connectivity index (χ0n) is 12.0. The molecule has 0 aliphatic heterocycles. The molecule has 3 aromatic carbocycles. The molecule has 4 nitrogen and oxygen atoms in total. The van der Waals surface area contributed by atoms with Crippen LogP contribution in [-0.2, 0) is 7.05 Å². The average Bonchev–Trinajstić information content (AvgIpc) is 2.80. The van der Waals surface area contributed by atoms with Crippen LogP contribution in [0.4, 0.5) is 0 Å². The van der Waals surface area contributed by atoms with Crippen molar-refractivity contribution in [1.82, 2.24) is 9.36 Å². The number of phenolic OH excluding ortho intramolecular Hbond substituents is 1. The number of aromatic hydroxyl groups is 1. The molecule has 0 aliphatic carbocycles. The molecule has 0 saturated carbocycles. The summed E-state index contributed by atoms with van der Waals surface area (Å²) in [5, 5.41) is 12.4. The van der Waals surface area contributed by atoms with Gasteiger partial charge >= 0.3 is 0 Å². The number of phenols is 1. The maximum atomic E-state index is 12.7. The first-order valence-corrected chi connectivity index (χ1v) is 7.06. The van der Waals surface area contributed by atoms with E-state index in [-0.39, 0.29) is 11.3 Å². The molecule has 4 aromatic rings. The van der Waals surface area contributed by atoms with Gasteiger partial charge in [-0.3, -0.25) is 9.48 Å². The number of benzene rings is 3. The molecule has 108 valence electrons. The van der Waals surface area contributed by atoms with Crippen LogP contribution in [-0.4, -0.2) is 14.5 Å². The predicted octanol–water partition coefficient (Wildman–Crippen LogP) is 3.19. The van der Waals surface area contributed by atoms with Gasteiger partial charge in [0.05, 0.1) is 16.6 Å². The lowest BCUT2D eigenvalue weighted by Gasteiger charge is -2.09. The van der Waals surface area contributed by atoms with E-state index in [2.05, 4.69) is 0 Å². The molecular weight excluding hydrogens is 276 g/mol. The van der Waals surface area contributed by atoms with E-state index in [0.29, 0.717) is 16.3 Å². The van der Waals surface area contributed by atoms with Crippen LogP contribution in [0.15, 0.2) is 65.5 Å². The first kappa shape index (κ1) is 12.7. The highest BCUT2D eigenvalue weighted by Crippen LogP contribution is 2.32. The van der Waals surface area contributed by atoms with E-state index >= 15 is 0 Å². The zero-order chi connectivity index (χ0) is 15.3. The van der Waals surface area contributed by atoms with Crippen LogP contribution in [0.5, 0.6) is 5.75 Å². The second-order valence-corrected chi connectivity index (χ2v) is 5.31. The van der Waals surface area contributed by atoms with E-state index in [1.54, 1.807) is 17.8 Å². The number of hydrogen-bond donors (Lipinski definition) is 1. The maximum absolute atomic E-state index is 12.7. The molecular formula is C18H14N2O2. The summed E-state index contributed by atoms with van der Waals surface area (Å²) in [5.41, 5.74) is 1.51. The average molecular weight is 290 g/mol. The molecule has 1 heterocycles. The molecule has 1 N–H and O–H groups in total. The van der Waals surface area contributed by atoms with Gasteiger partial charge in [0.1, 0.15) is 5.75 Å². The van der Waals surface area contributed by atoms with Gasteiger partial charge in [0.15, 0.2) is 0 Å². The van der Waals surface area contributed by atoms with E-state index in [9.17, 15) is 9.90 Å². The van der Waals surface area contributed by atoms with Crippen LogP contribution in [0.1, 0.15) is 0 Å². The molecule has 0 radical (unpaired) electrons. The van der Waals surface area contributed by atoms with Crippen LogP contribution in [0, 0.1) is 0 Å². The third-order valence-corrected chi connectivity index (χ3v) is 4.04. The number of aromatic nitrogens is 2. The minimum absolute atomic E-state index is 0.0740. The molecule has 0 spiro atoms. The van der Waals surface area contributed by atoms with Crippen molar-refractivity contribution in [3.8, 4) is 11.4 Å². The number of hydrogen-bond acceptors (Lipinski definition) is 2. The van der Waals surface area contributed by atoms with Gasteiger partial charge in [0, 0.05) is 23.9 Å². The van der Waals surface area contributed by atoms with E-state index in [1.165, 1.54) is 0 Å². The highest BCUT2D eigenvalue weighted by Gasteiger charge is 2.16. The van der Waals surface area contributed by atoms with Gasteiger partial charge < -0.3 is 5.11 Å². The number of nitrogens with zero attached hydrogens (tertiary/aromatic N) is 2. The molecule has 0 bridgehead atoms. The Kier molecular flexibility index (Phi) is 2.60. The van der Waals surface area contributed by atoms with Gasteiger partial charge in [0.25, 0.3) is 5.56 Å². The SMILES string of the molecule is Cn1c(=O)c2c3ccccc3c(O)cc2n1-c1ccccc1. The fourth-order valence-electron chi connectivity index (χ4n) is 3.03. The van der Waals surface area contributed by atoms with E-state index < -0.39 is 0 Å². The monoisotopic (exact) mass is 290 g/mol. The lowest BCUT2D eigenvalue weighted by atomic mass is 10.1. The fourth-order valence-corrected chi connectivity index (χ4v) is 3.03. The molecule has 0 aliphatic rings. The predicted molar refractivity (Wildman–Crippen MR) is 87.7 cm³/mol. The summed E-state index contributed by atoms with van der Waals surface area (Å²) < 4.78 is 3.40. The van der Waals surface area contributed by atoms with Crippen molar-refractivity contribution in [2.75, 3.05) is 0 Å². The van der Waals surface area contributed by atoms with Crippen molar-refractivity contribution < 1.29 is 5.11 Å². The minimum Gasteiger partial charge on any atom is -0.507 e. The van der Waals surface area contributed by atoms with Gasteiger partial charge in [-0.1, -0.05) is 42.5 Å². The van der Waals surface area contributed by atoms with Crippen molar-refractivity contribution in [3.05, 3.63) is 71.0 Å². The van der Waals surface area contributed by atoms with Crippen molar-refractivity contribution in [2.24, 2.45) is 7.05 Å². The van der Waals surface area contributed by atoms with E-state index in [1.807, 2.05) is 59.3 Å². The van der Waals surface area contributed by atoms with Crippen molar-refractivity contribution in [3.63, 3.8) is 0 Å². The van der Waals surface area contributed by atoms with Crippen LogP contribution < -0.4 is 5.56 Å². The molecule has 0 amide bonds. The minimum atomic E-state index is -0.0740. The largest absolute Gasteiger partial charge is 0.507 e. The highest BCUT2D eigenvalue weighted by molar-refractivity contribution is 6.09. The van der Waals surface area contributed by atoms with E-state index in [0.717, 1.165) is 11.1 Å². The molecule has 4 rings (SSSR count). The highest BCUT2D eigenvalue weighted by atomic mass is 16.3. The van der Waals surface area contributed by atoms with Crippen LogP contribution in [0.25, 0.3) is 27.4 Å². The lowest BCUT2D eigenvalue weighted by molar-refractivity contribution is 0.482. The van der Waals surface area contributed by atoms with Gasteiger partial charge in [-0.25, -0.2) is 4.68 Å². The molecule has 0 atom stereocenters. The number of fused-ring (bicyclic) bond motifs is 3. The Labute approximate surface area is 126 Å². The third-order valence-electron chi connectivity index (χ3n) is 4.04. The smallest absolute Gasteiger partial charge is 0.275 e. The summed E-state index contributed by atoms with van der Waals surface area (Å²) in [4.78, 5) is 12.7. The summed E-state index contributed by atoms with van der Waals surface area (Å²) in [5.74, 6) is 0.179. The molecule has 1 aromatic heterocycles. The Bertz CT molecular complexity index is 1060. The second kappa shape index (κ2) is 4.49. The van der Waals surface area contributed by atoms with Gasteiger partial charge in [0.2, 0.25) is 0 Å². The van der Waals surface area contributed by atoms with Crippen molar-refractivity contribution in [2.45, 2.75) is 0 Å². The normalized spacial score (nSPS) is 11.3. The standard InChI is InChI=1S/C18H14N2O2/c1-19-18(22)17-14-10-6-5-9-13(14)16(21)11-15(17)20(19)12-7-3-2-4-8-12/h2-11,21H,1H3. The topological polar surface area (TPSA) is 47.2 Å². The second-order valence-electron chi connectivity index (χ2n) is 5.31. The van der Waals surface area contributed by atoms with Gasteiger partial charge in [-0.05, 0) is 12.1 Å². The number of para-hydroxylation sites is 1. The third kappa shape index (κ3) is 1.61. The summed E-state index contributed by atoms with van der Waals surface area (Å²) >= 11 is 0. The van der Waals surface area contributed by atoms with Gasteiger partial charge in [-0.15, -0.1) is 0 Å². The summed E-state index contributed by atoms with van der Waals surface area (Å²) in [6.07, 6.45) is 0. The Balaban J connectivity index is 2.26. The van der Waals surface area contributed by atoms with E-state index in [4.69, 9.17) is 0 Å². The van der Waals surface area contributed by atoms with Crippen LogP contribution in [0.2, 0.25) is 0 Å². The molecule has 4 heteroatoms. The summed E-state index contributed by atoms with van der Waals surface area (Å²) in [7, 11) is 1.74. The quantitative estimate of drug-likeness (QED) is 0.585.